The molecule has 0 saturated carbocycles. The minimum Gasteiger partial charge on any atom is -0.378 e. The second kappa shape index (κ2) is 8.49. The van der Waals surface area contributed by atoms with Crippen LogP contribution in [0.25, 0.3) is 0 Å². The molecule has 0 spiro atoms. The van der Waals surface area contributed by atoms with Gasteiger partial charge in [0.2, 0.25) is 0 Å². The smallest absolute Gasteiger partial charge is 0.188 e. The van der Waals surface area contributed by atoms with E-state index in [4.69, 9.17) is 10.5 Å². The number of guanidine groups is 1. The third-order valence-corrected chi connectivity index (χ3v) is 1.64. The molecular weight excluding hydrogens is 192 g/mol. The largest absolute Gasteiger partial charge is 0.378 e. The second-order valence-corrected chi connectivity index (χ2v) is 3.98. The number of ether oxygens (including phenoxy) is 1. The van der Waals surface area contributed by atoms with Crippen LogP contribution in [0.1, 0.15) is 13.8 Å². The van der Waals surface area contributed by atoms with Crippen LogP contribution in [0, 0.1) is 0 Å². The van der Waals surface area contributed by atoms with Crippen molar-refractivity contribution in [3.8, 4) is 0 Å². The summed E-state index contributed by atoms with van der Waals surface area (Å²) < 4.78 is 5.37. The Kier molecular flexibility index (Phi) is 8.04. The minimum absolute atomic E-state index is 0.323. The summed E-state index contributed by atoms with van der Waals surface area (Å²) in [5, 5.41) is 3.02. The van der Waals surface area contributed by atoms with Gasteiger partial charge in [-0.25, -0.2) is 0 Å². The van der Waals surface area contributed by atoms with E-state index in [2.05, 4.69) is 15.2 Å². The molecule has 0 aliphatic rings. The fourth-order valence-electron chi connectivity index (χ4n) is 0.921. The van der Waals surface area contributed by atoms with Gasteiger partial charge in [0.1, 0.15) is 0 Å². The van der Waals surface area contributed by atoms with Gasteiger partial charge < -0.3 is 20.7 Å². The number of nitrogens with one attached hydrogen (secondary N) is 1. The van der Waals surface area contributed by atoms with E-state index in [0.29, 0.717) is 25.2 Å². The molecule has 0 fully saturated rings. The molecule has 0 radical (unpaired) electrons. The molecule has 0 aromatic heterocycles. The first-order valence-electron chi connectivity index (χ1n) is 5.31. The number of aliphatic imine (C=N–C) groups is 1. The summed E-state index contributed by atoms with van der Waals surface area (Å²) >= 11 is 0. The Hall–Kier alpha value is -0.810. The Morgan fingerprint density at radius 3 is 2.60 bits per heavy atom. The van der Waals surface area contributed by atoms with Crippen LogP contribution in [0.15, 0.2) is 4.99 Å². The Morgan fingerprint density at radius 2 is 2.07 bits per heavy atom. The molecule has 15 heavy (non-hydrogen) atoms. The van der Waals surface area contributed by atoms with Crippen LogP contribution < -0.4 is 11.1 Å². The van der Waals surface area contributed by atoms with E-state index in [9.17, 15) is 0 Å². The van der Waals surface area contributed by atoms with Gasteiger partial charge >= 0.3 is 0 Å². The zero-order valence-corrected chi connectivity index (χ0v) is 10.3. The summed E-state index contributed by atoms with van der Waals surface area (Å²) in [5.74, 6) is 0.487. The molecule has 0 rings (SSSR count). The molecule has 0 saturated heterocycles. The van der Waals surface area contributed by atoms with Gasteiger partial charge in [0.15, 0.2) is 5.96 Å². The van der Waals surface area contributed by atoms with Gasteiger partial charge in [-0.15, -0.1) is 0 Å². The predicted octanol–water partition coefficient (Wildman–Crippen LogP) is -0.123. The van der Waals surface area contributed by atoms with Crippen LogP contribution in [0.4, 0.5) is 0 Å². The fraction of sp³-hybridized carbons (Fsp3) is 0.900. The maximum absolute atomic E-state index is 5.61. The fourth-order valence-corrected chi connectivity index (χ4v) is 0.921. The van der Waals surface area contributed by atoms with Crippen LogP contribution in [0.5, 0.6) is 0 Å². The van der Waals surface area contributed by atoms with E-state index in [1.54, 1.807) is 0 Å². The summed E-state index contributed by atoms with van der Waals surface area (Å²) in [6, 6.07) is 0.323. The molecule has 5 heteroatoms. The van der Waals surface area contributed by atoms with Gasteiger partial charge in [-0.05, 0) is 27.9 Å². The molecule has 3 N–H and O–H groups in total. The Balaban J connectivity index is 3.36. The van der Waals surface area contributed by atoms with E-state index < -0.39 is 0 Å². The SMILES string of the molecule is CC(C)NC(N)=NCCOCCN(C)C. The van der Waals surface area contributed by atoms with Crippen LogP contribution in [-0.4, -0.2) is 57.3 Å². The summed E-state index contributed by atoms with van der Waals surface area (Å²) in [6.45, 7) is 6.95. The molecule has 0 aliphatic carbocycles. The topological polar surface area (TPSA) is 62.9 Å². The zero-order valence-electron chi connectivity index (χ0n) is 10.3. The first kappa shape index (κ1) is 14.2. The molecule has 0 aromatic rings. The van der Waals surface area contributed by atoms with Crippen molar-refractivity contribution >= 4 is 5.96 Å². The van der Waals surface area contributed by atoms with Crippen molar-refractivity contribution < 1.29 is 4.74 Å². The highest BCUT2D eigenvalue weighted by molar-refractivity contribution is 5.77. The van der Waals surface area contributed by atoms with Crippen molar-refractivity contribution in [3.63, 3.8) is 0 Å². The van der Waals surface area contributed by atoms with Crippen molar-refractivity contribution in [2.45, 2.75) is 19.9 Å². The molecule has 5 nitrogen and oxygen atoms in total. The monoisotopic (exact) mass is 216 g/mol. The van der Waals surface area contributed by atoms with Gasteiger partial charge in [0, 0.05) is 12.6 Å². The summed E-state index contributed by atoms with van der Waals surface area (Å²) in [4.78, 5) is 6.21. The summed E-state index contributed by atoms with van der Waals surface area (Å²) in [6.07, 6.45) is 0. The first-order valence-corrected chi connectivity index (χ1v) is 5.31. The molecule has 0 aromatic carbocycles. The van der Waals surface area contributed by atoms with Gasteiger partial charge in [-0.2, -0.15) is 0 Å². The van der Waals surface area contributed by atoms with E-state index >= 15 is 0 Å². The highest BCUT2D eigenvalue weighted by Gasteiger charge is 1.94. The summed E-state index contributed by atoms with van der Waals surface area (Å²) in [7, 11) is 4.04. The number of nitrogens with two attached hydrogens (primary N) is 1. The molecule has 0 heterocycles. The second-order valence-electron chi connectivity index (χ2n) is 3.98. The number of nitrogens with zero attached hydrogens (tertiary/aromatic N) is 2. The van der Waals surface area contributed by atoms with Gasteiger partial charge in [-0.1, -0.05) is 0 Å². The Bertz CT molecular complexity index is 180. The van der Waals surface area contributed by atoms with E-state index in [-0.39, 0.29) is 0 Å². The molecule has 0 bridgehead atoms. The standard InChI is InChI=1S/C10H24N4O/c1-9(2)13-10(11)12-5-7-15-8-6-14(3)4/h9H,5-8H2,1-4H3,(H3,11,12,13). The predicted molar refractivity (Wildman–Crippen MR) is 64.1 cm³/mol. The number of hydrogen-bond acceptors (Lipinski definition) is 3. The lowest BCUT2D eigenvalue weighted by atomic mass is 10.4. The lowest BCUT2D eigenvalue weighted by Crippen LogP contribution is -2.37. The molecule has 0 unspecified atom stereocenters. The normalized spacial score (nSPS) is 12.5. The maximum atomic E-state index is 5.61. The van der Waals surface area contributed by atoms with Crippen molar-refractivity contribution in [2.24, 2.45) is 10.7 Å². The van der Waals surface area contributed by atoms with Gasteiger partial charge in [0.25, 0.3) is 0 Å². The average molecular weight is 216 g/mol. The van der Waals surface area contributed by atoms with Crippen LogP contribution >= 0.6 is 0 Å². The summed E-state index contributed by atoms with van der Waals surface area (Å²) in [5.41, 5.74) is 5.61. The highest BCUT2D eigenvalue weighted by atomic mass is 16.5. The van der Waals surface area contributed by atoms with Crippen LogP contribution in [0.2, 0.25) is 0 Å². The Labute approximate surface area is 92.7 Å². The quantitative estimate of drug-likeness (QED) is 0.354. The van der Waals surface area contributed by atoms with E-state index in [1.807, 2.05) is 27.9 Å². The lowest BCUT2D eigenvalue weighted by Gasteiger charge is -2.10. The first-order chi connectivity index (χ1) is 7.02. The van der Waals surface area contributed by atoms with Crippen LogP contribution in [0.3, 0.4) is 0 Å². The average Bonchev–Trinajstić information content (AvgIpc) is 2.09. The van der Waals surface area contributed by atoms with Crippen LogP contribution in [-0.2, 0) is 4.74 Å². The zero-order chi connectivity index (χ0) is 11.7. The van der Waals surface area contributed by atoms with Crippen molar-refractivity contribution in [1.82, 2.24) is 10.2 Å². The minimum atomic E-state index is 0.323. The Morgan fingerprint density at radius 1 is 1.40 bits per heavy atom. The highest BCUT2D eigenvalue weighted by Crippen LogP contribution is 1.81. The third kappa shape index (κ3) is 11.1. The van der Waals surface area contributed by atoms with E-state index in [1.165, 1.54) is 0 Å². The molecule has 0 amide bonds. The lowest BCUT2D eigenvalue weighted by molar-refractivity contribution is 0.124. The van der Waals surface area contributed by atoms with Crippen molar-refractivity contribution in [2.75, 3.05) is 40.4 Å². The number of hydrogen-bond donors (Lipinski definition) is 2. The van der Waals surface area contributed by atoms with Gasteiger partial charge in [-0.3, -0.25) is 4.99 Å². The van der Waals surface area contributed by atoms with Gasteiger partial charge in [0.05, 0.1) is 19.8 Å². The molecule has 90 valence electrons. The number of rotatable bonds is 7. The van der Waals surface area contributed by atoms with Crippen molar-refractivity contribution in [1.29, 1.82) is 0 Å². The molecular formula is C10H24N4O. The number of likely N-dealkylation sites (N-methyl/N-ethyl adjacent to an activating group) is 1. The third-order valence-electron chi connectivity index (χ3n) is 1.64. The molecule has 0 aliphatic heterocycles. The van der Waals surface area contributed by atoms with E-state index in [0.717, 1.165) is 13.2 Å². The van der Waals surface area contributed by atoms with Crippen molar-refractivity contribution in [3.05, 3.63) is 0 Å². The molecule has 0 atom stereocenters. The maximum Gasteiger partial charge on any atom is 0.188 e.